The van der Waals surface area contributed by atoms with Crippen molar-refractivity contribution < 1.29 is 26.7 Å². The van der Waals surface area contributed by atoms with E-state index < -0.39 is 12.1 Å². The van der Waals surface area contributed by atoms with Crippen LogP contribution >= 0.6 is 0 Å². The Balaban J connectivity index is -0.000000143. The van der Waals surface area contributed by atoms with Gasteiger partial charge < -0.3 is 0 Å². The molecule has 0 bridgehead atoms. The van der Waals surface area contributed by atoms with Crippen LogP contribution in [0.3, 0.4) is 0 Å². The van der Waals surface area contributed by atoms with Gasteiger partial charge in [0.15, 0.2) is 0 Å². The third-order valence-corrected chi connectivity index (χ3v) is 0.524. The molecule has 0 unspecified atom stereocenters. The SMILES string of the molecule is NNC(=O)NN.NNC(=O)NN.[Cu]. The Morgan fingerprint density at radius 3 is 0.846 bits per heavy atom. The Morgan fingerprint density at radius 1 is 0.692 bits per heavy atom. The Morgan fingerprint density at radius 2 is 0.846 bits per heavy atom. The fourth-order valence-corrected chi connectivity index (χ4v) is 0.0833. The number of urea groups is 2. The molecular formula is C2H12CuN8O2. The molecule has 4 amide bonds. The zero-order valence-corrected chi connectivity index (χ0v) is 7.37. The van der Waals surface area contributed by atoms with Gasteiger partial charge in [-0.2, -0.15) is 0 Å². The van der Waals surface area contributed by atoms with Crippen molar-refractivity contribution in [2.75, 3.05) is 0 Å². The second kappa shape index (κ2) is 13.5. The number of rotatable bonds is 0. The number of nitrogens with two attached hydrogens (primary N) is 4. The summed E-state index contributed by atoms with van der Waals surface area (Å²) in [6.07, 6.45) is 0. The fourth-order valence-electron chi connectivity index (χ4n) is 0.0833. The van der Waals surface area contributed by atoms with Crippen molar-refractivity contribution in [3.8, 4) is 0 Å². The van der Waals surface area contributed by atoms with Gasteiger partial charge in [-0.15, -0.1) is 0 Å². The molecular weight excluding hydrogens is 232 g/mol. The van der Waals surface area contributed by atoms with Crippen molar-refractivity contribution in [2.24, 2.45) is 23.4 Å². The molecule has 0 atom stereocenters. The second-order valence-corrected chi connectivity index (χ2v) is 1.24. The largest absolute Gasteiger partial charge is 0.343 e. The van der Waals surface area contributed by atoms with E-state index in [1.54, 1.807) is 21.7 Å². The van der Waals surface area contributed by atoms with Crippen LogP contribution in [0.25, 0.3) is 0 Å². The zero-order valence-electron chi connectivity index (χ0n) is 6.43. The van der Waals surface area contributed by atoms with Crippen molar-refractivity contribution in [2.45, 2.75) is 0 Å². The molecule has 83 valence electrons. The number of hydrogen-bond donors (Lipinski definition) is 8. The van der Waals surface area contributed by atoms with Crippen molar-refractivity contribution >= 4 is 12.1 Å². The Hall–Kier alpha value is -1.10. The Labute approximate surface area is 84.5 Å². The minimum absolute atomic E-state index is 0. The molecule has 0 aromatic carbocycles. The minimum Gasteiger partial charge on any atom is -0.275 e. The summed E-state index contributed by atoms with van der Waals surface area (Å²) in [5, 5.41) is 0. The number of hydrogen-bond acceptors (Lipinski definition) is 6. The van der Waals surface area contributed by atoms with E-state index in [1.165, 1.54) is 0 Å². The minimum atomic E-state index is -0.602. The summed E-state index contributed by atoms with van der Waals surface area (Å²) in [6.45, 7) is 0. The van der Waals surface area contributed by atoms with Gasteiger partial charge in [-0.1, -0.05) is 0 Å². The quantitative estimate of drug-likeness (QED) is 0.0928. The van der Waals surface area contributed by atoms with E-state index in [2.05, 4.69) is 23.4 Å². The fraction of sp³-hybridized carbons (Fsp3) is 0. The molecule has 1 radical (unpaired) electrons. The van der Waals surface area contributed by atoms with E-state index in [9.17, 15) is 9.59 Å². The van der Waals surface area contributed by atoms with Gasteiger partial charge in [0.05, 0.1) is 0 Å². The molecule has 0 aromatic heterocycles. The summed E-state index contributed by atoms with van der Waals surface area (Å²) in [5.41, 5.74) is 6.96. The van der Waals surface area contributed by atoms with Gasteiger partial charge in [0.1, 0.15) is 0 Å². The van der Waals surface area contributed by atoms with E-state index in [4.69, 9.17) is 0 Å². The predicted molar refractivity (Wildman–Crippen MR) is 40.1 cm³/mol. The molecule has 0 rings (SSSR count). The molecule has 0 aliphatic carbocycles. The average molecular weight is 244 g/mol. The smallest absolute Gasteiger partial charge is 0.275 e. The number of carbonyl (C=O) groups excluding carboxylic acids is 2. The van der Waals surface area contributed by atoms with Crippen molar-refractivity contribution in [1.29, 1.82) is 0 Å². The second-order valence-electron chi connectivity index (χ2n) is 1.24. The average Bonchev–Trinajstić information content (AvgIpc) is 2.16. The summed E-state index contributed by atoms with van der Waals surface area (Å²) < 4.78 is 0. The molecule has 0 fully saturated rings. The van der Waals surface area contributed by atoms with Gasteiger partial charge in [-0.05, 0) is 0 Å². The van der Waals surface area contributed by atoms with Crippen LogP contribution in [-0.2, 0) is 17.1 Å². The van der Waals surface area contributed by atoms with Crippen molar-refractivity contribution in [1.82, 2.24) is 21.7 Å². The zero-order chi connectivity index (χ0) is 9.98. The van der Waals surface area contributed by atoms with Crippen molar-refractivity contribution in [3.05, 3.63) is 0 Å². The van der Waals surface area contributed by atoms with E-state index in [-0.39, 0.29) is 17.1 Å². The standard InChI is InChI=1S/2CH6N4O.Cu/c2*2-4-1(6)5-3;/h2*2-3H2,(H2,4,5,6);. The van der Waals surface area contributed by atoms with Crippen LogP contribution < -0.4 is 45.1 Å². The van der Waals surface area contributed by atoms with E-state index in [0.29, 0.717) is 0 Å². The van der Waals surface area contributed by atoms with E-state index >= 15 is 0 Å². The summed E-state index contributed by atoms with van der Waals surface area (Å²) in [5.74, 6) is 18.2. The van der Waals surface area contributed by atoms with Crippen molar-refractivity contribution in [3.63, 3.8) is 0 Å². The predicted octanol–water partition coefficient (Wildman–Crippen LogP) is -3.94. The van der Waals surface area contributed by atoms with Gasteiger partial charge in [-0.25, -0.2) is 33.0 Å². The molecule has 0 aliphatic heterocycles. The first-order valence-corrected chi connectivity index (χ1v) is 2.56. The van der Waals surface area contributed by atoms with Gasteiger partial charge in [0, 0.05) is 17.1 Å². The van der Waals surface area contributed by atoms with Gasteiger partial charge >= 0.3 is 12.1 Å². The van der Waals surface area contributed by atoms with E-state index in [0.717, 1.165) is 0 Å². The molecule has 13 heavy (non-hydrogen) atoms. The first-order chi connectivity index (χ1) is 5.62. The van der Waals surface area contributed by atoms with Crippen LogP contribution in [0, 0.1) is 0 Å². The van der Waals surface area contributed by atoms with Crippen LogP contribution in [0.5, 0.6) is 0 Å². The van der Waals surface area contributed by atoms with Crippen LogP contribution in [-0.4, -0.2) is 12.1 Å². The van der Waals surface area contributed by atoms with Crippen LogP contribution in [0.1, 0.15) is 0 Å². The molecule has 0 saturated carbocycles. The summed E-state index contributed by atoms with van der Waals surface area (Å²) >= 11 is 0. The first kappa shape index (κ1) is 17.8. The Kier molecular flexibility index (Phi) is 18.5. The maximum absolute atomic E-state index is 9.71. The number of hydrazine groups is 4. The number of nitrogens with one attached hydrogen (secondary N) is 4. The molecule has 0 aromatic rings. The summed E-state index contributed by atoms with van der Waals surface area (Å²) in [4.78, 5) is 19.4. The van der Waals surface area contributed by atoms with Gasteiger partial charge in [0.2, 0.25) is 0 Å². The molecule has 0 spiro atoms. The molecule has 0 heterocycles. The van der Waals surface area contributed by atoms with Crippen LogP contribution in [0.2, 0.25) is 0 Å². The monoisotopic (exact) mass is 243 g/mol. The maximum atomic E-state index is 9.71. The third kappa shape index (κ3) is 18.1. The summed E-state index contributed by atoms with van der Waals surface area (Å²) in [7, 11) is 0. The third-order valence-electron chi connectivity index (χ3n) is 0.524. The number of amides is 4. The molecule has 11 heteroatoms. The summed E-state index contributed by atoms with van der Waals surface area (Å²) in [6, 6.07) is -1.20. The van der Waals surface area contributed by atoms with Crippen LogP contribution in [0.15, 0.2) is 0 Å². The molecule has 0 saturated heterocycles. The number of carbonyl (C=O) groups is 2. The first-order valence-electron chi connectivity index (χ1n) is 2.56. The van der Waals surface area contributed by atoms with E-state index in [1.807, 2.05) is 0 Å². The topological polar surface area (TPSA) is 186 Å². The molecule has 10 nitrogen and oxygen atoms in total. The normalized spacial score (nSPS) is 6.46. The molecule has 0 aliphatic rings. The maximum Gasteiger partial charge on any atom is 0.343 e. The van der Waals surface area contributed by atoms with Crippen LogP contribution in [0.4, 0.5) is 9.59 Å². The van der Waals surface area contributed by atoms with Gasteiger partial charge in [0.25, 0.3) is 0 Å². The Bertz CT molecular complexity index is 112. The van der Waals surface area contributed by atoms with Gasteiger partial charge in [-0.3, -0.25) is 21.7 Å². The molecule has 12 N–H and O–H groups in total.